The number of aryl methyl sites for hydroxylation is 3. The van der Waals surface area contributed by atoms with E-state index < -0.39 is 0 Å². The highest BCUT2D eigenvalue weighted by Gasteiger charge is 2.20. The lowest BCUT2D eigenvalue weighted by Gasteiger charge is -2.23. The molecule has 1 heterocycles. The number of hydrogen-bond acceptors (Lipinski definition) is 2. The van der Waals surface area contributed by atoms with Crippen LogP contribution in [0.3, 0.4) is 0 Å². The second-order valence-electron chi connectivity index (χ2n) is 5.99. The maximum Gasteiger partial charge on any atom is 0.272 e. The smallest absolute Gasteiger partial charge is 0.272 e. The molecule has 0 radical (unpaired) electrons. The van der Waals surface area contributed by atoms with Crippen molar-refractivity contribution in [2.24, 2.45) is 0 Å². The molecule has 0 bridgehead atoms. The fraction of sp³-hybridized carbons (Fsp3) is 0.474. The average molecular weight is 313 g/mol. The topological polar surface area (TPSA) is 38.1 Å². The minimum Gasteiger partial charge on any atom is -0.333 e. The van der Waals surface area contributed by atoms with Crippen molar-refractivity contribution in [1.82, 2.24) is 14.7 Å². The van der Waals surface area contributed by atoms with Crippen molar-refractivity contribution in [2.45, 2.75) is 53.6 Å². The van der Waals surface area contributed by atoms with Gasteiger partial charge in [-0.25, -0.2) is 0 Å². The molecule has 0 atom stereocenters. The van der Waals surface area contributed by atoms with Gasteiger partial charge in [0.2, 0.25) is 0 Å². The molecule has 0 aliphatic rings. The third-order valence-electron chi connectivity index (χ3n) is 4.11. The molecule has 23 heavy (non-hydrogen) atoms. The van der Waals surface area contributed by atoms with Gasteiger partial charge in [0.1, 0.15) is 5.69 Å². The second kappa shape index (κ2) is 7.95. The zero-order chi connectivity index (χ0) is 16.8. The van der Waals surface area contributed by atoms with Crippen LogP contribution in [0.25, 0.3) is 0 Å². The van der Waals surface area contributed by atoms with Crippen molar-refractivity contribution < 1.29 is 4.79 Å². The van der Waals surface area contributed by atoms with Gasteiger partial charge >= 0.3 is 0 Å². The molecule has 1 aromatic heterocycles. The van der Waals surface area contributed by atoms with Gasteiger partial charge in [0, 0.05) is 19.6 Å². The SMILES string of the molecule is CCCCN(Cc1ccccc1C)C(=O)c1cc(C)nn1CC. The minimum atomic E-state index is 0.0733. The molecule has 4 heteroatoms. The number of benzene rings is 1. The van der Waals surface area contributed by atoms with Gasteiger partial charge in [0.25, 0.3) is 5.91 Å². The van der Waals surface area contributed by atoms with Gasteiger partial charge < -0.3 is 4.90 Å². The van der Waals surface area contributed by atoms with Crippen LogP contribution in [-0.4, -0.2) is 27.1 Å². The Kier molecular flexibility index (Phi) is 5.97. The average Bonchev–Trinajstić information content (AvgIpc) is 2.93. The Balaban J connectivity index is 2.26. The quantitative estimate of drug-likeness (QED) is 0.776. The van der Waals surface area contributed by atoms with Crippen LogP contribution in [0.15, 0.2) is 30.3 Å². The first-order chi connectivity index (χ1) is 11.1. The lowest BCUT2D eigenvalue weighted by molar-refractivity contribution is 0.0728. The molecule has 0 unspecified atom stereocenters. The molecule has 1 aromatic carbocycles. The van der Waals surface area contributed by atoms with E-state index in [1.165, 1.54) is 11.1 Å². The number of unbranched alkanes of at least 4 members (excludes halogenated alkanes) is 1. The van der Waals surface area contributed by atoms with Crippen LogP contribution in [0.4, 0.5) is 0 Å². The van der Waals surface area contributed by atoms with Crippen molar-refractivity contribution in [3.8, 4) is 0 Å². The lowest BCUT2D eigenvalue weighted by Crippen LogP contribution is -2.33. The summed E-state index contributed by atoms with van der Waals surface area (Å²) in [7, 11) is 0. The summed E-state index contributed by atoms with van der Waals surface area (Å²) in [5, 5.41) is 4.41. The van der Waals surface area contributed by atoms with Gasteiger partial charge in [-0.3, -0.25) is 9.48 Å². The molecule has 0 spiro atoms. The van der Waals surface area contributed by atoms with Crippen LogP contribution in [0.2, 0.25) is 0 Å². The normalized spacial score (nSPS) is 10.8. The summed E-state index contributed by atoms with van der Waals surface area (Å²) in [5.74, 6) is 0.0733. The Bertz CT molecular complexity index is 660. The van der Waals surface area contributed by atoms with Crippen LogP contribution in [-0.2, 0) is 13.1 Å². The van der Waals surface area contributed by atoms with E-state index in [0.29, 0.717) is 18.8 Å². The minimum absolute atomic E-state index is 0.0733. The molecule has 4 nitrogen and oxygen atoms in total. The van der Waals surface area contributed by atoms with Crippen molar-refractivity contribution >= 4 is 5.91 Å². The van der Waals surface area contributed by atoms with E-state index in [-0.39, 0.29) is 5.91 Å². The maximum absolute atomic E-state index is 13.0. The van der Waals surface area contributed by atoms with Crippen molar-refractivity contribution in [1.29, 1.82) is 0 Å². The monoisotopic (exact) mass is 313 g/mol. The van der Waals surface area contributed by atoms with Gasteiger partial charge in [0.05, 0.1) is 5.69 Å². The summed E-state index contributed by atoms with van der Waals surface area (Å²) in [6.07, 6.45) is 2.08. The van der Waals surface area contributed by atoms with E-state index in [2.05, 4.69) is 31.1 Å². The van der Waals surface area contributed by atoms with E-state index in [9.17, 15) is 4.79 Å². The lowest BCUT2D eigenvalue weighted by atomic mass is 10.1. The summed E-state index contributed by atoms with van der Waals surface area (Å²) >= 11 is 0. The van der Waals surface area contributed by atoms with E-state index in [1.54, 1.807) is 4.68 Å². The molecule has 0 aliphatic carbocycles. The molecule has 2 rings (SSSR count). The van der Waals surface area contributed by atoms with E-state index in [1.807, 2.05) is 36.9 Å². The second-order valence-corrected chi connectivity index (χ2v) is 5.99. The molecular formula is C19H27N3O. The van der Waals surface area contributed by atoms with Crippen LogP contribution in [0.5, 0.6) is 0 Å². The summed E-state index contributed by atoms with van der Waals surface area (Å²) < 4.78 is 1.80. The fourth-order valence-corrected chi connectivity index (χ4v) is 2.72. The van der Waals surface area contributed by atoms with Gasteiger partial charge in [-0.05, 0) is 44.4 Å². The molecule has 124 valence electrons. The molecule has 0 fully saturated rings. The first-order valence-corrected chi connectivity index (χ1v) is 8.45. The van der Waals surface area contributed by atoms with Gasteiger partial charge in [0.15, 0.2) is 0 Å². The van der Waals surface area contributed by atoms with Gasteiger partial charge in [-0.2, -0.15) is 5.10 Å². The zero-order valence-corrected chi connectivity index (χ0v) is 14.7. The maximum atomic E-state index is 13.0. The van der Waals surface area contributed by atoms with Crippen LogP contribution < -0.4 is 0 Å². The molecule has 1 amide bonds. The Morgan fingerprint density at radius 3 is 2.61 bits per heavy atom. The predicted molar refractivity (Wildman–Crippen MR) is 93.5 cm³/mol. The first-order valence-electron chi connectivity index (χ1n) is 8.45. The fourth-order valence-electron chi connectivity index (χ4n) is 2.72. The number of carbonyl (C=O) groups is 1. The summed E-state index contributed by atoms with van der Waals surface area (Å²) in [6, 6.07) is 10.2. The Hall–Kier alpha value is -2.10. The first kappa shape index (κ1) is 17.3. The summed E-state index contributed by atoms with van der Waals surface area (Å²) in [4.78, 5) is 15.0. The Labute approximate surface area is 139 Å². The van der Waals surface area contributed by atoms with Crippen LogP contribution in [0, 0.1) is 13.8 Å². The molecule has 2 aromatic rings. The third kappa shape index (κ3) is 4.21. The van der Waals surface area contributed by atoms with Crippen LogP contribution >= 0.6 is 0 Å². The predicted octanol–water partition coefficient (Wildman–Crippen LogP) is 3.96. The Morgan fingerprint density at radius 1 is 1.22 bits per heavy atom. The molecule has 0 aliphatic heterocycles. The molecular weight excluding hydrogens is 286 g/mol. The van der Waals surface area contributed by atoms with E-state index in [4.69, 9.17) is 0 Å². The summed E-state index contributed by atoms with van der Waals surface area (Å²) in [5.41, 5.74) is 4.01. The van der Waals surface area contributed by atoms with Gasteiger partial charge in [-0.15, -0.1) is 0 Å². The number of rotatable bonds is 7. The highest BCUT2D eigenvalue weighted by Crippen LogP contribution is 2.15. The summed E-state index contributed by atoms with van der Waals surface area (Å²) in [6.45, 7) is 10.3. The van der Waals surface area contributed by atoms with Crippen molar-refractivity contribution in [2.75, 3.05) is 6.54 Å². The van der Waals surface area contributed by atoms with E-state index >= 15 is 0 Å². The highest BCUT2D eigenvalue weighted by molar-refractivity contribution is 5.92. The van der Waals surface area contributed by atoms with Crippen molar-refractivity contribution in [3.63, 3.8) is 0 Å². The molecule has 0 saturated heterocycles. The Morgan fingerprint density at radius 2 is 1.96 bits per heavy atom. The van der Waals surface area contributed by atoms with Crippen LogP contribution in [0.1, 0.15) is 54.0 Å². The number of aromatic nitrogens is 2. The number of hydrogen-bond donors (Lipinski definition) is 0. The van der Waals surface area contributed by atoms with Crippen molar-refractivity contribution in [3.05, 3.63) is 52.8 Å². The zero-order valence-electron chi connectivity index (χ0n) is 14.7. The third-order valence-corrected chi connectivity index (χ3v) is 4.11. The van der Waals surface area contributed by atoms with E-state index in [0.717, 1.165) is 25.1 Å². The molecule has 0 saturated carbocycles. The number of carbonyl (C=O) groups excluding carboxylic acids is 1. The standard InChI is InChI=1S/C19H27N3O/c1-5-7-12-21(14-17-11-9-8-10-15(17)3)19(23)18-13-16(4)20-22(18)6-2/h8-11,13H,5-7,12,14H2,1-4H3. The largest absolute Gasteiger partial charge is 0.333 e. The molecule has 0 N–H and O–H groups in total. The van der Waals surface area contributed by atoms with Gasteiger partial charge in [-0.1, -0.05) is 37.6 Å². The number of nitrogens with zero attached hydrogens (tertiary/aromatic N) is 3. The number of amides is 1. The highest BCUT2D eigenvalue weighted by atomic mass is 16.2.